The van der Waals surface area contributed by atoms with Crippen molar-refractivity contribution in [2.75, 3.05) is 0 Å². The molecule has 0 saturated carbocycles. The monoisotopic (exact) mass is 346 g/mol. The number of Topliss-reactive ketones (excluding diaryl/α,β-unsaturated/α-hetero) is 1. The summed E-state index contributed by atoms with van der Waals surface area (Å²) in [6.45, 7) is 8.70. The first-order valence-electron chi connectivity index (χ1n) is 8.66. The van der Waals surface area contributed by atoms with Gasteiger partial charge in [0.05, 0.1) is 6.92 Å². The van der Waals surface area contributed by atoms with Gasteiger partial charge in [0.15, 0.2) is 5.78 Å². The number of carbonyl (C=O) groups is 2. The number of rotatable bonds is 8. The van der Waals surface area contributed by atoms with Gasteiger partial charge < -0.3 is 14.2 Å². The highest BCUT2D eigenvalue weighted by atomic mass is 16.9. The molecule has 0 bridgehead atoms. The van der Waals surface area contributed by atoms with Crippen molar-refractivity contribution in [3.63, 3.8) is 0 Å². The number of esters is 1. The molecule has 0 fully saturated rings. The largest absolute Gasteiger partial charge is 0.426 e. The maximum absolute atomic E-state index is 12.1. The molecule has 0 N–H and O–H groups in total. The second kappa shape index (κ2) is 8.19. The number of ketones is 1. The van der Waals surface area contributed by atoms with Crippen LogP contribution in [-0.2, 0) is 23.8 Å². The fourth-order valence-corrected chi connectivity index (χ4v) is 2.92. The fourth-order valence-electron chi connectivity index (χ4n) is 2.92. The number of ether oxygens (including phenoxy) is 3. The molecular formula is C20H26O5. The van der Waals surface area contributed by atoms with Gasteiger partial charge >= 0.3 is 11.9 Å². The SMILES string of the molecule is C=C(C)C(=O)C1C=C(OC(C)(OC(=O)C=CC)OC2=CCCC2)CC1. The average Bonchev–Trinajstić information content (AvgIpc) is 3.18. The van der Waals surface area contributed by atoms with Crippen LogP contribution in [0.1, 0.15) is 52.9 Å². The van der Waals surface area contributed by atoms with Crippen LogP contribution in [0.15, 0.2) is 48.0 Å². The maximum atomic E-state index is 12.1. The van der Waals surface area contributed by atoms with Crippen LogP contribution in [0.3, 0.4) is 0 Å². The molecule has 5 nitrogen and oxygen atoms in total. The Bertz CT molecular complexity index is 640. The van der Waals surface area contributed by atoms with Crippen LogP contribution in [0.25, 0.3) is 0 Å². The molecule has 2 aliphatic rings. The van der Waals surface area contributed by atoms with Gasteiger partial charge in [-0.2, -0.15) is 0 Å². The van der Waals surface area contributed by atoms with Gasteiger partial charge in [-0.3, -0.25) is 4.79 Å². The van der Waals surface area contributed by atoms with Crippen molar-refractivity contribution in [2.45, 2.75) is 58.8 Å². The first-order valence-corrected chi connectivity index (χ1v) is 8.66. The van der Waals surface area contributed by atoms with E-state index in [0.717, 1.165) is 25.0 Å². The zero-order valence-corrected chi connectivity index (χ0v) is 15.2. The van der Waals surface area contributed by atoms with Gasteiger partial charge in [-0.1, -0.05) is 12.7 Å². The molecule has 2 atom stereocenters. The smallest absolute Gasteiger partial charge is 0.415 e. The van der Waals surface area contributed by atoms with Crippen LogP contribution in [0.5, 0.6) is 0 Å². The van der Waals surface area contributed by atoms with E-state index in [0.29, 0.717) is 24.2 Å². The van der Waals surface area contributed by atoms with Crippen LogP contribution in [0, 0.1) is 5.92 Å². The van der Waals surface area contributed by atoms with E-state index < -0.39 is 11.9 Å². The van der Waals surface area contributed by atoms with E-state index in [9.17, 15) is 9.59 Å². The van der Waals surface area contributed by atoms with Crippen LogP contribution in [0.2, 0.25) is 0 Å². The van der Waals surface area contributed by atoms with Crippen LogP contribution in [-0.4, -0.2) is 17.7 Å². The number of hydrogen-bond acceptors (Lipinski definition) is 5. The third-order valence-corrected chi connectivity index (χ3v) is 4.07. The summed E-state index contributed by atoms with van der Waals surface area (Å²) >= 11 is 0. The van der Waals surface area contributed by atoms with Gasteiger partial charge in [0.2, 0.25) is 0 Å². The lowest BCUT2D eigenvalue weighted by Gasteiger charge is -2.30. The minimum Gasteiger partial charge on any atom is -0.426 e. The summed E-state index contributed by atoms with van der Waals surface area (Å²) in [5.41, 5.74) is 0.525. The first kappa shape index (κ1) is 19.0. The summed E-state index contributed by atoms with van der Waals surface area (Å²) in [5.74, 6) is -0.992. The summed E-state index contributed by atoms with van der Waals surface area (Å²) in [6.07, 6.45) is 10.6. The molecular weight excluding hydrogens is 320 g/mol. The fraction of sp³-hybridized carbons (Fsp3) is 0.500. The summed E-state index contributed by atoms with van der Waals surface area (Å²) < 4.78 is 17.1. The summed E-state index contributed by atoms with van der Waals surface area (Å²) in [4.78, 5) is 24.0. The highest BCUT2D eigenvalue weighted by Crippen LogP contribution is 2.34. The second-order valence-corrected chi connectivity index (χ2v) is 6.47. The van der Waals surface area contributed by atoms with Gasteiger partial charge in [0.1, 0.15) is 11.5 Å². The molecule has 25 heavy (non-hydrogen) atoms. The van der Waals surface area contributed by atoms with Crippen molar-refractivity contribution in [3.8, 4) is 0 Å². The maximum Gasteiger partial charge on any atom is 0.415 e. The molecule has 5 heteroatoms. The van der Waals surface area contributed by atoms with Crippen molar-refractivity contribution >= 4 is 11.8 Å². The Labute approximate surface area is 149 Å². The molecule has 2 unspecified atom stereocenters. The second-order valence-electron chi connectivity index (χ2n) is 6.47. The lowest BCUT2D eigenvalue weighted by Crippen LogP contribution is -2.37. The van der Waals surface area contributed by atoms with Gasteiger partial charge in [-0.25, -0.2) is 4.79 Å². The van der Waals surface area contributed by atoms with E-state index in [1.807, 2.05) is 6.08 Å². The predicted octanol–water partition coefficient (Wildman–Crippen LogP) is 4.32. The molecule has 0 aromatic carbocycles. The van der Waals surface area contributed by atoms with E-state index in [-0.39, 0.29) is 11.7 Å². The molecule has 0 saturated heterocycles. The average molecular weight is 346 g/mol. The Morgan fingerprint density at radius 2 is 2.00 bits per heavy atom. The molecule has 0 spiro atoms. The summed E-state index contributed by atoms with van der Waals surface area (Å²) in [5, 5.41) is 0. The number of hydrogen-bond donors (Lipinski definition) is 0. The van der Waals surface area contributed by atoms with Gasteiger partial charge in [-0.05, 0) is 50.8 Å². The molecule has 2 aliphatic carbocycles. The molecule has 0 heterocycles. The van der Waals surface area contributed by atoms with Gasteiger partial charge in [-0.15, -0.1) is 0 Å². The lowest BCUT2D eigenvalue weighted by molar-refractivity contribution is -0.321. The topological polar surface area (TPSA) is 61.8 Å². The molecule has 0 aromatic rings. The Balaban J connectivity index is 2.12. The third kappa shape index (κ3) is 5.34. The Morgan fingerprint density at radius 3 is 2.60 bits per heavy atom. The zero-order chi connectivity index (χ0) is 18.4. The van der Waals surface area contributed by atoms with Gasteiger partial charge in [0, 0.05) is 24.8 Å². The van der Waals surface area contributed by atoms with E-state index in [1.165, 1.54) is 6.08 Å². The van der Waals surface area contributed by atoms with E-state index in [1.54, 1.807) is 32.9 Å². The lowest BCUT2D eigenvalue weighted by atomic mass is 9.99. The summed E-state index contributed by atoms with van der Waals surface area (Å²) in [6, 6.07) is 0. The molecule has 0 radical (unpaired) electrons. The summed E-state index contributed by atoms with van der Waals surface area (Å²) in [7, 11) is 0. The third-order valence-electron chi connectivity index (χ3n) is 4.07. The Kier molecular flexibility index (Phi) is 6.23. The van der Waals surface area contributed by atoms with Crippen LogP contribution in [0.4, 0.5) is 0 Å². The van der Waals surface area contributed by atoms with E-state index in [2.05, 4.69) is 6.58 Å². The zero-order valence-electron chi connectivity index (χ0n) is 15.2. The number of carbonyl (C=O) groups excluding carboxylic acids is 2. The first-order chi connectivity index (χ1) is 11.8. The standard InChI is InChI=1S/C20H26O5/c1-5-8-18(21)25-20(4,23-16-9-6-7-10-16)24-17-12-11-15(13-17)19(22)14(2)3/h5,8-9,13,15H,2,6-7,10-12H2,1,3-4H3. The highest BCUT2D eigenvalue weighted by molar-refractivity contribution is 5.97. The minimum atomic E-state index is -1.56. The van der Waals surface area contributed by atoms with Gasteiger partial charge in [0.25, 0.3) is 0 Å². The minimum absolute atomic E-state index is 0.00522. The van der Waals surface area contributed by atoms with Crippen molar-refractivity contribution in [1.29, 1.82) is 0 Å². The molecule has 0 aromatic heterocycles. The van der Waals surface area contributed by atoms with E-state index >= 15 is 0 Å². The van der Waals surface area contributed by atoms with E-state index in [4.69, 9.17) is 14.2 Å². The van der Waals surface area contributed by atoms with Crippen molar-refractivity contribution < 1.29 is 23.8 Å². The highest BCUT2D eigenvalue weighted by Gasteiger charge is 2.37. The Hall–Kier alpha value is -2.30. The quantitative estimate of drug-likeness (QED) is 0.372. The van der Waals surface area contributed by atoms with Crippen molar-refractivity contribution in [1.82, 2.24) is 0 Å². The normalized spacial score (nSPS) is 22.1. The van der Waals surface area contributed by atoms with Crippen LogP contribution >= 0.6 is 0 Å². The molecule has 2 rings (SSSR count). The van der Waals surface area contributed by atoms with Crippen molar-refractivity contribution in [3.05, 3.63) is 48.0 Å². The predicted molar refractivity (Wildman–Crippen MR) is 94.0 cm³/mol. The molecule has 136 valence electrons. The Morgan fingerprint density at radius 1 is 1.28 bits per heavy atom. The molecule has 0 aliphatic heterocycles. The van der Waals surface area contributed by atoms with Crippen molar-refractivity contribution in [2.24, 2.45) is 5.92 Å². The molecule has 0 amide bonds. The number of allylic oxidation sites excluding steroid dienone is 6. The van der Waals surface area contributed by atoms with Crippen LogP contribution < -0.4 is 0 Å².